The second-order valence-electron chi connectivity index (χ2n) is 5.87. The van der Waals surface area contributed by atoms with Gasteiger partial charge in [-0.05, 0) is 24.1 Å². The summed E-state index contributed by atoms with van der Waals surface area (Å²) in [7, 11) is 3.20. The zero-order valence-corrected chi connectivity index (χ0v) is 14.8. The van der Waals surface area contributed by atoms with Gasteiger partial charge in [0.2, 0.25) is 5.91 Å². The van der Waals surface area contributed by atoms with Crippen molar-refractivity contribution in [1.82, 2.24) is 5.01 Å². The number of fused-ring (bicyclic) bond motifs is 1. The number of nitrogens with zero attached hydrogens (tertiary/aromatic N) is 2. The van der Waals surface area contributed by atoms with Crippen LogP contribution in [0.1, 0.15) is 30.0 Å². The van der Waals surface area contributed by atoms with Crippen LogP contribution in [-0.2, 0) is 11.2 Å². The Bertz CT molecular complexity index is 800. The Labute approximate surface area is 147 Å². The summed E-state index contributed by atoms with van der Waals surface area (Å²) in [4.78, 5) is 12.6. The Balaban J connectivity index is 2.22. The largest absolute Gasteiger partial charge is 0.493 e. The topological polar surface area (TPSA) is 51.1 Å². The van der Waals surface area contributed by atoms with Crippen molar-refractivity contribution in [1.29, 1.82) is 0 Å². The van der Waals surface area contributed by atoms with Crippen molar-refractivity contribution in [2.24, 2.45) is 5.10 Å². The Morgan fingerprint density at radius 3 is 2.40 bits per heavy atom. The predicted octanol–water partition coefficient (Wildman–Crippen LogP) is 3.25. The van der Waals surface area contributed by atoms with Crippen molar-refractivity contribution in [3.63, 3.8) is 0 Å². The van der Waals surface area contributed by atoms with Crippen LogP contribution in [0.3, 0.4) is 0 Å². The zero-order valence-electron chi connectivity index (χ0n) is 14.8. The Kier molecular flexibility index (Phi) is 5.03. The molecule has 2 aromatic carbocycles. The monoisotopic (exact) mass is 338 g/mol. The molecule has 0 bridgehead atoms. The SMILES string of the molecule is CCCN1N=C(c2ccccc2)c2cc(OC)c(OC)cc2CC1=O. The third-order valence-corrected chi connectivity index (χ3v) is 4.20. The van der Waals surface area contributed by atoms with Crippen molar-refractivity contribution >= 4 is 11.6 Å². The van der Waals surface area contributed by atoms with Gasteiger partial charge in [-0.1, -0.05) is 37.3 Å². The maximum atomic E-state index is 12.6. The molecule has 0 saturated carbocycles. The van der Waals surface area contributed by atoms with Crippen molar-refractivity contribution in [2.75, 3.05) is 20.8 Å². The van der Waals surface area contributed by atoms with Crippen molar-refractivity contribution < 1.29 is 14.3 Å². The second-order valence-corrected chi connectivity index (χ2v) is 5.87. The highest BCUT2D eigenvalue weighted by molar-refractivity contribution is 6.15. The molecular formula is C20H22N2O3. The fourth-order valence-electron chi connectivity index (χ4n) is 2.97. The van der Waals surface area contributed by atoms with E-state index in [1.54, 1.807) is 19.2 Å². The summed E-state index contributed by atoms with van der Waals surface area (Å²) in [5.74, 6) is 1.23. The van der Waals surface area contributed by atoms with Crippen LogP contribution in [-0.4, -0.2) is 37.4 Å². The molecule has 25 heavy (non-hydrogen) atoms. The van der Waals surface area contributed by atoms with Gasteiger partial charge in [0.1, 0.15) is 0 Å². The van der Waals surface area contributed by atoms with E-state index in [1.807, 2.05) is 49.4 Å². The molecule has 0 atom stereocenters. The van der Waals surface area contributed by atoms with Crippen LogP contribution >= 0.6 is 0 Å². The molecule has 5 nitrogen and oxygen atoms in total. The number of benzene rings is 2. The van der Waals surface area contributed by atoms with Gasteiger partial charge in [0.25, 0.3) is 0 Å². The van der Waals surface area contributed by atoms with E-state index in [-0.39, 0.29) is 12.3 Å². The van der Waals surface area contributed by atoms with Crippen LogP contribution in [0.5, 0.6) is 11.5 Å². The number of rotatable bonds is 5. The van der Waals surface area contributed by atoms with E-state index in [2.05, 4.69) is 0 Å². The lowest BCUT2D eigenvalue weighted by atomic mass is 9.95. The summed E-state index contributed by atoms with van der Waals surface area (Å²) < 4.78 is 10.9. The van der Waals surface area contributed by atoms with Crippen LogP contribution < -0.4 is 9.47 Å². The highest BCUT2D eigenvalue weighted by atomic mass is 16.5. The van der Waals surface area contributed by atoms with Gasteiger partial charge in [0, 0.05) is 17.7 Å². The van der Waals surface area contributed by atoms with E-state index in [4.69, 9.17) is 14.6 Å². The maximum Gasteiger partial charge on any atom is 0.247 e. The predicted molar refractivity (Wildman–Crippen MR) is 97.3 cm³/mol. The van der Waals surface area contributed by atoms with Crippen LogP contribution in [0, 0.1) is 0 Å². The number of amides is 1. The molecule has 2 aromatic rings. The Morgan fingerprint density at radius 2 is 1.76 bits per heavy atom. The third kappa shape index (κ3) is 3.36. The summed E-state index contributed by atoms with van der Waals surface area (Å²) in [6.45, 7) is 2.63. The first-order chi connectivity index (χ1) is 12.2. The minimum absolute atomic E-state index is 0.0127. The van der Waals surface area contributed by atoms with Gasteiger partial charge in [0.15, 0.2) is 11.5 Å². The fraction of sp³-hybridized carbons (Fsp3) is 0.300. The zero-order chi connectivity index (χ0) is 17.8. The first-order valence-corrected chi connectivity index (χ1v) is 8.37. The molecule has 1 amide bonds. The molecule has 130 valence electrons. The minimum atomic E-state index is -0.0127. The van der Waals surface area contributed by atoms with Crippen LogP contribution in [0.2, 0.25) is 0 Å². The molecule has 3 rings (SSSR count). The molecule has 1 heterocycles. The van der Waals surface area contributed by atoms with Crippen LogP contribution in [0.25, 0.3) is 0 Å². The van der Waals surface area contributed by atoms with E-state index in [1.165, 1.54) is 0 Å². The number of carbonyl (C=O) groups excluding carboxylic acids is 1. The molecule has 0 fully saturated rings. The molecule has 0 radical (unpaired) electrons. The summed E-state index contributed by atoms with van der Waals surface area (Å²) in [6, 6.07) is 13.7. The average molecular weight is 338 g/mol. The lowest BCUT2D eigenvalue weighted by Gasteiger charge is -2.15. The van der Waals surface area contributed by atoms with E-state index in [0.717, 1.165) is 28.8 Å². The third-order valence-electron chi connectivity index (χ3n) is 4.20. The number of carbonyl (C=O) groups is 1. The fourth-order valence-corrected chi connectivity index (χ4v) is 2.97. The average Bonchev–Trinajstić information content (AvgIpc) is 2.78. The highest BCUT2D eigenvalue weighted by Gasteiger charge is 2.25. The molecule has 0 unspecified atom stereocenters. The van der Waals surface area contributed by atoms with Gasteiger partial charge in [0.05, 0.1) is 26.4 Å². The lowest BCUT2D eigenvalue weighted by Crippen LogP contribution is -2.27. The molecule has 0 aromatic heterocycles. The van der Waals surface area contributed by atoms with Gasteiger partial charge < -0.3 is 9.47 Å². The molecule has 0 N–H and O–H groups in total. The molecule has 0 saturated heterocycles. The standard InChI is InChI=1S/C20H22N2O3/c1-4-10-22-19(23)12-15-11-17(24-2)18(25-3)13-16(15)20(21-22)14-8-6-5-7-9-14/h5-9,11,13H,4,10,12H2,1-3H3. The number of hydrazone groups is 1. The molecule has 1 aliphatic rings. The van der Waals surface area contributed by atoms with Gasteiger partial charge in [-0.25, -0.2) is 5.01 Å². The summed E-state index contributed by atoms with van der Waals surface area (Å²) in [5.41, 5.74) is 3.53. The summed E-state index contributed by atoms with van der Waals surface area (Å²) in [6.07, 6.45) is 1.13. The molecule has 1 aliphatic heterocycles. The maximum absolute atomic E-state index is 12.6. The van der Waals surface area contributed by atoms with E-state index in [9.17, 15) is 4.79 Å². The normalized spacial score (nSPS) is 13.8. The van der Waals surface area contributed by atoms with E-state index >= 15 is 0 Å². The number of ether oxygens (including phenoxy) is 2. The van der Waals surface area contributed by atoms with Crippen molar-refractivity contribution in [2.45, 2.75) is 19.8 Å². The summed E-state index contributed by atoms with van der Waals surface area (Å²) >= 11 is 0. The second kappa shape index (κ2) is 7.38. The molecule has 0 spiro atoms. The smallest absolute Gasteiger partial charge is 0.247 e. The van der Waals surface area contributed by atoms with Crippen LogP contribution in [0.4, 0.5) is 0 Å². The molecule has 0 aliphatic carbocycles. The van der Waals surface area contributed by atoms with Crippen molar-refractivity contribution in [3.05, 3.63) is 59.2 Å². The van der Waals surface area contributed by atoms with E-state index < -0.39 is 0 Å². The lowest BCUT2D eigenvalue weighted by molar-refractivity contribution is -0.130. The van der Waals surface area contributed by atoms with Gasteiger partial charge >= 0.3 is 0 Å². The summed E-state index contributed by atoms with van der Waals surface area (Å²) in [5, 5.41) is 6.26. The number of hydrogen-bond donors (Lipinski definition) is 0. The highest BCUT2D eigenvalue weighted by Crippen LogP contribution is 2.33. The Morgan fingerprint density at radius 1 is 1.08 bits per heavy atom. The quantitative estimate of drug-likeness (QED) is 0.841. The van der Waals surface area contributed by atoms with Crippen molar-refractivity contribution in [3.8, 4) is 11.5 Å². The van der Waals surface area contributed by atoms with Gasteiger partial charge in [-0.15, -0.1) is 0 Å². The van der Waals surface area contributed by atoms with Gasteiger partial charge in [-0.2, -0.15) is 5.10 Å². The van der Waals surface area contributed by atoms with Gasteiger partial charge in [-0.3, -0.25) is 4.79 Å². The molecule has 5 heteroatoms. The first kappa shape index (κ1) is 17.0. The number of hydrogen-bond acceptors (Lipinski definition) is 4. The van der Waals surface area contributed by atoms with Crippen LogP contribution in [0.15, 0.2) is 47.6 Å². The first-order valence-electron chi connectivity index (χ1n) is 8.37. The minimum Gasteiger partial charge on any atom is -0.493 e. The van der Waals surface area contributed by atoms with E-state index in [0.29, 0.717) is 18.0 Å². The number of methoxy groups -OCH3 is 2. The Hall–Kier alpha value is -2.82. The molecular weight excluding hydrogens is 316 g/mol.